The van der Waals surface area contributed by atoms with Gasteiger partial charge in [0, 0.05) is 11.9 Å². The van der Waals surface area contributed by atoms with E-state index in [0.717, 1.165) is 23.5 Å². The Bertz CT molecular complexity index is 789. The van der Waals surface area contributed by atoms with E-state index in [2.05, 4.69) is 33.9 Å². The Morgan fingerprint density at radius 3 is 2.19 bits per heavy atom. The van der Waals surface area contributed by atoms with Gasteiger partial charge in [0.1, 0.15) is 6.10 Å². The van der Waals surface area contributed by atoms with E-state index in [1.807, 2.05) is 12.1 Å². The van der Waals surface area contributed by atoms with Gasteiger partial charge in [-0.3, -0.25) is 4.79 Å². The molecule has 1 aromatic rings. The molecule has 1 aliphatic rings. The zero-order valence-corrected chi connectivity index (χ0v) is 23.4. The van der Waals surface area contributed by atoms with E-state index in [-0.39, 0.29) is 17.6 Å². The molecule has 5 nitrogen and oxygen atoms in total. The van der Waals surface area contributed by atoms with Gasteiger partial charge in [0.15, 0.2) is 18.5 Å². The molecule has 1 heterocycles. The van der Waals surface area contributed by atoms with Crippen LogP contribution in [0.1, 0.15) is 52.7 Å². The monoisotopic (exact) mass is 518 g/mol. The Hall–Kier alpha value is -0.673. The molecule has 32 heavy (non-hydrogen) atoms. The molecule has 1 unspecified atom stereocenters. The van der Waals surface area contributed by atoms with Crippen molar-refractivity contribution in [3.8, 4) is 0 Å². The molecular formula is C23H35ClO5S2Si. The average molecular weight is 519 g/mol. The van der Waals surface area contributed by atoms with Crippen molar-refractivity contribution in [1.29, 1.82) is 0 Å². The summed E-state index contributed by atoms with van der Waals surface area (Å²) in [6.07, 6.45) is -0.526. The number of rotatable bonds is 8. The molecule has 9 heteroatoms. The standard InChI is InChI=1S/C23H35ClO5S2Si/c1-8-27-21(26)23(30-14-9-15-31-23)20(28-16(2)25)19(17-10-12-18(24)13-11-17)29-32(6,7)22(3,4)5/h10-13,19-20H,8-9,14-15H2,1-7H3/t19-,20?/m1/s1. The lowest BCUT2D eigenvalue weighted by molar-refractivity contribution is -0.159. The van der Waals surface area contributed by atoms with Crippen LogP contribution in [-0.4, -0.2) is 48.6 Å². The topological polar surface area (TPSA) is 61.8 Å². The highest BCUT2D eigenvalue weighted by atomic mass is 35.5. The molecule has 1 saturated heterocycles. The van der Waals surface area contributed by atoms with E-state index < -0.39 is 30.6 Å². The molecule has 0 saturated carbocycles. The maximum atomic E-state index is 13.4. The first-order valence-electron chi connectivity index (χ1n) is 10.9. The number of hydrogen-bond donors (Lipinski definition) is 0. The molecule has 0 N–H and O–H groups in total. The van der Waals surface area contributed by atoms with Gasteiger partial charge in [-0.15, -0.1) is 23.5 Å². The molecule has 0 aliphatic carbocycles. The molecule has 180 valence electrons. The number of ether oxygens (including phenoxy) is 2. The number of benzene rings is 1. The summed E-state index contributed by atoms with van der Waals surface area (Å²) in [5.41, 5.74) is 0.820. The summed E-state index contributed by atoms with van der Waals surface area (Å²) in [5, 5.41) is 0.521. The number of hydrogen-bond acceptors (Lipinski definition) is 7. The lowest BCUT2D eigenvalue weighted by Gasteiger charge is -2.46. The molecule has 0 aromatic heterocycles. The molecule has 0 spiro atoms. The SMILES string of the molecule is CCOC(=O)C1(C(OC(C)=O)[C@H](O[Si](C)(C)C(C)(C)C)c2ccc(Cl)cc2)SCCCS1. The summed E-state index contributed by atoms with van der Waals surface area (Å²) in [7, 11) is -2.32. The minimum absolute atomic E-state index is 0.0810. The van der Waals surface area contributed by atoms with Crippen molar-refractivity contribution in [2.24, 2.45) is 0 Å². The Balaban J connectivity index is 2.67. The largest absolute Gasteiger partial charge is 0.464 e. The van der Waals surface area contributed by atoms with Crippen LogP contribution in [0.25, 0.3) is 0 Å². The van der Waals surface area contributed by atoms with Crippen LogP contribution >= 0.6 is 35.1 Å². The highest BCUT2D eigenvalue weighted by molar-refractivity contribution is 8.20. The third-order valence-corrected chi connectivity index (χ3v) is 13.9. The van der Waals surface area contributed by atoms with Crippen molar-refractivity contribution in [2.75, 3.05) is 18.1 Å². The average Bonchev–Trinajstić information content (AvgIpc) is 2.71. The van der Waals surface area contributed by atoms with Gasteiger partial charge in [0.2, 0.25) is 0 Å². The minimum Gasteiger partial charge on any atom is -0.464 e. The third kappa shape index (κ3) is 6.47. The fourth-order valence-electron chi connectivity index (χ4n) is 3.15. The van der Waals surface area contributed by atoms with E-state index in [4.69, 9.17) is 25.5 Å². The summed E-state index contributed by atoms with van der Waals surface area (Å²) < 4.78 is 17.2. The maximum Gasteiger partial charge on any atom is 0.336 e. The Kier molecular flexibility index (Phi) is 9.62. The number of halogens is 1. The predicted molar refractivity (Wildman–Crippen MR) is 137 cm³/mol. The van der Waals surface area contributed by atoms with Crippen LogP contribution in [0.5, 0.6) is 0 Å². The second-order valence-electron chi connectivity index (χ2n) is 9.32. The number of carbonyl (C=O) groups is 2. The van der Waals surface area contributed by atoms with Crippen molar-refractivity contribution in [2.45, 2.75) is 75.5 Å². The first-order chi connectivity index (χ1) is 14.8. The van der Waals surface area contributed by atoms with Gasteiger partial charge in [-0.1, -0.05) is 44.5 Å². The van der Waals surface area contributed by atoms with Crippen LogP contribution in [0.2, 0.25) is 23.2 Å². The molecule has 0 bridgehead atoms. The van der Waals surface area contributed by atoms with E-state index in [1.54, 1.807) is 19.1 Å². The highest BCUT2D eigenvalue weighted by Crippen LogP contribution is 2.52. The fourth-order valence-corrected chi connectivity index (χ4v) is 7.75. The molecule has 2 atom stereocenters. The molecule has 1 fully saturated rings. The summed E-state index contributed by atoms with van der Waals surface area (Å²) in [6, 6.07) is 7.35. The van der Waals surface area contributed by atoms with E-state index in [0.29, 0.717) is 5.02 Å². The Morgan fingerprint density at radius 2 is 1.72 bits per heavy atom. The number of thioether (sulfide) groups is 2. The van der Waals surface area contributed by atoms with Crippen LogP contribution in [0.3, 0.4) is 0 Å². The van der Waals surface area contributed by atoms with Crippen LogP contribution in [0.15, 0.2) is 24.3 Å². The van der Waals surface area contributed by atoms with Crippen LogP contribution in [0, 0.1) is 0 Å². The fraction of sp³-hybridized carbons (Fsp3) is 0.652. The molecular weight excluding hydrogens is 484 g/mol. The minimum atomic E-state index is -2.32. The second kappa shape index (κ2) is 11.2. The number of carbonyl (C=O) groups excluding carboxylic acids is 2. The van der Waals surface area contributed by atoms with Crippen molar-refractivity contribution in [1.82, 2.24) is 0 Å². The van der Waals surface area contributed by atoms with Gasteiger partial charge in [0.05, 0.1) is 6.61 Å². The molecule has 1 aliphatic heterocycles. The highest BCUT2D eigenvalue weighted by Gasteiger charge is 2.57. The first-order valence-corrected chi connectivity index (χ1v) is 16.2. The Labute approximate surface area is 206 Å². The predicted octanol–water partition coefficient (Wildman–Crippen LogP) is 6.46. The van der Waals surface area contributed by atoms with Crippen LogP contribution in [0.4, 0.5) is 0 Å². The summed E-state index contributed by atoms with van der Waals surface area (Å²) >= 11 is 9.13. The Morgan fingerprint density at radius 1 is 1.16 bits per heavy atom. The molecule has 0 amide bonds. The first kappa shape index (κ1) is 27.6. The van der Waals surface area contributed by atoms with Gasteiger partial charge in [0.25, 0.3) is 0 Å². The lowest BCUT2D eigenvalue weighted by atomic mass is 10.0. The van der Waals surface area contributed by atoms with Gasteiger partial charge in [-0.05, 0) is 60.7 Å². The molecule has 2 rings (SSSR count). The normalized spacial score (nSPS) is 18.5. The zero-order valence-electron chi connectivity index (χ0n) is 20.0. The van der Waals surface area contributed by atoms with Gasteiger partial charge >= 0.3 is 11.9 Å². The van der Waals surface area contributed by atoms with E-state index >= 15 is 0 Å². The summed E-state index contributed by atoms with van der Waals surface area (Å²) in [4.78, 5) is 25.7. The second-order valence-corrected chi connectivity index (χ2v) is 17.5. The zero-order chi connectivity index (χ0) is 24.2. The smallest absolute Gasteiger partial charge is 0.336 e. The van der Waals surface area contributed by atoms with Gasteiger partial charge in [-0.25, -0.2) is 4.79 Å². The van der Waals surface area contributed by atoms with Crippen molar-refractivity contribution < 1.29 is 23.5 Å². The molecule has 0 radical (unpaired) electrons. The summed E-state index contributed by atoms with van der Waals surface area (Å²) in [5.74, 6) is 0.718. The van der Waals surface area contributed by atoms with E-state index in [9.17, 15) is 9.59 Å². The maximum absolute atomic E-state index is 13.4. The van der Waals surface area contributed by atoms with E-state index in [1.165, 1.54) is 30.4 Å². The quantitative estimate of drug-likeness (QED) is 0.289. The lowest BCUT2D eigenvalue weighted by Crippen LogP contribution is -2.54. The van der Waals surface area contributed by atoms with Crippen LogP contribution in [-0.2, 0) is 23.5 Å². The number of esters is 2. The molecule has 1 aromatic carbocycles. The van der Waals surface area contributed by atoms with Gasteiger partial charge in [-0.2, -0.15) is 0 Å². The van der Waals surface area contributed by atoms with Crippen molar-refractivity contribution in [3.63, 3.8) is 0 Å². The third-order valence-electron chi connectivity index (χ3n) is 5.85. The van der Waals surface area contributed by atoms with Crippen molar-refractivity contribution >= 4 is 55.4 Å². The summed E-state index contributed by atoms with van der Waals surface area (Å²) in [6.45, 7) is 14.2. The van der Waals surface area contributed by atoms with Crippen LogP contribution < -0.4 is 0 Å². The van der Waals surface area contributed by atoms with Gasteiger partial charge < -0.3 is 13.9 Å². The van der Waals surface area contributed by atoms with Crippen molar-refractivity contribution in [3.05, 3.63) is 34.9 Å².